The molecule has 2 unspecified atom stereocenters. The van der Waals surface area contributed by atoms with Crippen LogP contribution in [0.1, 0.15) is 85.0 Å². The molecule has 1 N–H and O–H groups in total. The van der Waals surface area contributed by atoms with E-state index < -0.39 is 10.4 Å². The molecule has 0 saturated heterocycles. The maximum Gasteiger partial charge on any atom is 0.0456 e. The van der Waals surface area contributed by atoms with E-state index in [-0.39, 0.29) is 0 Å². The molecular weight excluding hydrogens is 304 g/mol. The maximum absolute atomic E-state index is 8.91. The first kappa shape index (κ1) is 24.1. The minimum Gasteiger partial charge on any atom is -0.759 e. The third kappa shape index (κ3) is 28.1. The van der Waals surface area contributed by atoms with E-state index in [4.69, 9.17) is 22.6 Å². The fourth-order valence-electron chi connectivity index (χ4n) is 2.30. The Morgan fingerprint density at radius 1 is 0.818 bits per heavy atom. The van der Waals surface area contributed by atoms with Gasteiger partial charge in [0.2, 0.25) is 0 Å². The van der Waals surface area contributed by atoms with Crippen LogP contribution in [0.15, 0.2) is 0 Å². The summed E-state index contributed by atoms with van der Waals surface area (Å²) in [4.78, 5) is 0. The maximum atomic E-state index is 8.91. The summed E-state index contributed by atoms with van der Waals surface area (Å²) in [6, 6.07) is 0. The van der Waals surface area contributed by atoms with Crippen molar-refractivity contribution in [2.24, 2.45) is 11.8 Å². The SMILES string of the molecule is CCCCC(C)CCCCCCCC(C)CO.O=S(=O)([O-])[O-]. The molecule has 0 saturated carbocycles. The van der Waals surface area contributed by atoms with Gasteiger partial charge in [-0.05, 0) is 18.3 Å². The minimum absolute atomic E-state index is 0.356. The van der Waals surface area contributed by atoms with Crippen molar-refractivity contribution in [1.82, 2.24) is 0 Å². The Morgan fingerprint density at radius 3 is 1.59 bits per heavy atom. The molecule has 0 aliphatic heterocycles. The summed E-state index contributed by atoms with van der Waals surface area (Å²) in [6.07, 6.45) is 13.7. The van der Waals surface area contributed by atoms with Gasteiger partial charge in [-0.2, -0.15) is 0 Å². The standard InChI is InChI=1S/C16H34O.H2O4S/c1-4-5-11-15(2)12-9-7-6-8-10-13-16(3)14-17;1-5(2,3)4/h15-17H,4-14H2,1-3H3;(H2,1,2,3,4)/p-2. The van der Waals surface area contributed by atoms with Crippen molar-refractivity contribution >= 4 is 10.4 Å². The summed E-state index contributed by atoms with van der Waals surface area (Å²) in [6.45, 7) is 7.17. The molecule has 0 aliphatic rings. The van der Waals surface area contributed by atoms with Crippen LogP contribution >= 0.6 is 0 Å². The van der Waals surface area contributed by atoms with E-state index in [1.165, 1.54) is 64.2 Å². The van der Waals surface area contributed by atoms with Crippen LogP contribution in [0.4, 0.5) is 0 Å². The second-order valence-corrected chi connectivity index (χ2v) is 7.11. The van der Waals surface area contributed by atoms with E-state index in [0.717, 1.165) is 5.92 Å². The number of hydrogen-bond donors (Lipinski definition) is 1. The van der Waals surface area contributed by atoms with Gasteiger partial charge in [0, 0.05) is 17.0 Å². The van der Waals surface area contributed by atoms with Gasteiger partial charge in [0.05, 0.1) is 0 Å². The van der Waals surface area contributed by atoms with Crippen LogP contribution in [-0.4, -0.2) is 29.2 Å². The van der Waals surface area contributed by atoms with Crippen molar-refractivity contribution in [3.8, 4) is 0 Å². The van der Waals surface area contributed by atoms with E-state index in [2.05, 4.69) is 20.8 Å². The number of aliphatic hydroxyl groups excluding tert-OH is 1. The van der Waals surface area contributed by atoms with E-state index in [1.807, 2.05) is 0 Å². The van der Waals surface area contributed by atoms with Gasteiger partial charge < -0.3 is 14.2 Å². The first-order valence-corrected chi connectivity index (χ1v) is 9.81. The molecule has 0 aromatic heterocycles. The average molecular weight is 339 g/mol. The van der Waals surface area contributed by atoms with Crippen LogP contribution in [-0.2, 0) is 10.4 Å². The molecule has 0 spiro atoms. The Bertz CT molecular complexity index is 308. The Labute approximate surface area is 137 Å². The van der Waals surface area contributed by atoms with E-state index in [1.54, 1.807) is 0 Å². The molecule has 136 valence electrons. The lowest BCUT2D eigenvalue weighted by Gasteiger charge is -2.10. The molecule has 0 rings (SSSR count). The van der Waals surface area contributed by atoms with Gasteiger partial charge in [-0.15, -0.1) is 0 Å². The minimum atomic E-state index is -5.17. The molecule has 0 radical (unpaired) electrons. The van der Waals surface area contributed by atoms with Crippen molar-refractivity contribution in [3.63, 3.8) is 0 Å². The zero-order valence-corrected chi connectivity index (χ0v) is 15.2. The summed E-state index contributed by atoms with van der Waals surface area (Å²) in [5, 5.41) is 8.91. The predicted molar refractivity (Wildman–Crippen MR) is 87.7 cm³/mol. The monoisotopic (exact) mass is 338 g/mol. The van der Waals surface area contributed by atoms with E-state index in [0.29, 0.717) is 12.5 Å². The van der Waals surface area contributed by atoms with Crippen LogP contribution < -0.4 is 0 Å². The van der Waals surface area contributed by atoms with Crippen LogP contribution in [0, 0.1) is 11.8 Å². The zero-order valence-electron chi connectivity index (χ0n) is 14.4. The lowest BCUT2D eigenvalue weighted by Crippen LogP contribution is -1.99. The topological polar surface area (TPSA) is 100 Å². The van der Waals surface area contributed by atoms with Crippen molar-refractivity contribution in [1.29, 1.82) is 0 Å². The third-order valence-electron chi connectivity index (χ3n) is 3.76. The molecule has 0 aromatic rings. The Balaban J connectivity index is 0. The molecule has 6 heteroatoms. The Hall–Kier alpha value is -0.170. The van der Waals surface area contributed by atoms with Crippen LogP contribution in [0.3, 0.4) is 0 Å². The average Bonchev–Trinajstić information content (AvgIpc) is 2.41. The highest BCUT2D eigenvalue weighted by Crippen LogP contribution is 2.17. The number of unbranched alkanes of at least 4 members (excludes halogenated alkanes) is 5. The summed E-state index contributed by atoms with van der Waals surface area (Å²) in [5.41, 5.74) is 0. The van der Waals surface area contributed by atoms with Crippen molar-refractivity contribution in [2.75, 3.05) is 6.61 Å². The largest absolute Gasteiger partial charge is 0.759 e. The van der Waals surface area contributed by atoms with Crippen molar-refractivity contribution in [2.45, 2.75) is 85.0 Å². The number of rotatable bonds is 12. The zero-order chi connectivity index (χ0) is 17.4. The molecule has 22 heavy (non-hydrogen) atoms. The first-order valence-electron chi connectivity index (χ1n) is 8.48. The lowest BCUT2D eigenvalue weighted by atomic mass is 9.96. The second-order valence-electron chi connectivity index (χ2n) is 6.29. The highest BCUT2D eigenvalue weighted by Gasteiger charge is 2.02. The number of hydrogen-bond acceptors (Lipinski definition) is 5. The van der Waals surface area contributed by atoms with E-state index >= 15 is 0 Å². The van der Waals surface area contributed by atoms with Crippen molar-refractivity contribution < 1.29 is 22.6 Å². The van der Waals surface area contributed by atoms with Crippen molar-refractivity contribution in [3.05, 3.63) is 0 Å². The molecule has 0 bridgehead atoms. The predicted octanol–water partition coefficient (Wildman–Crippen LogP) is 3.83. The molecular formula is C16H34O5S-2. The van der Waals surface area contributed by atoms with Gasteiger partial charge >= 0.3 is 0 Å². The van der Waals surface area contributed by atoms with Gasteiger partial charge in [-0.1, -0.05) is 78.6 Å². The molecule has 0 heterocycles. The van der Waals surface area contributed by atoms with Crippen LogP contribution in [0.5, 0.6) is 0 Å². The molecule has 5 nitrogen and oxygen atoms in total. The normalized spacial score (nSPS) is 14.1. The Morgan fingerprint density at radius 2 is 1.18 bits per heavy atom. The summed E-state index contributed by atoms with van der Waals surface area (Å²) >= 11 is 0. The third-order valence-corrected chi connectivity index (χ3v) is 3.76. The fraction of sp³-hybridized carbons (Fsp3) is 1.00. The van der Waals surface area contributed by atoms with Gasteiger partial charge in [-0.3, -0.25) is 8.42 Å². The molecule has 0 aliphatic carbocycles. The summed E-state index contributed by atoms with van der Waals surface area (Å²) in [5.74, 6) is 1.44. The van der Waals surface area contributed by atoms with Crippen LogP contribution in [0.25, 0.3) is 0 Å². The van der Waals surface area contributed by atoms with E-state index in [9.17, 15) is 0 Å². The first-order chi connectivity index (χ1) is 10.2. The highest BCUT2D eigenvalue weighted by atomic mass is 32.3. The fourth-order valence-corrected chi connectivity index (χ4v) is 2.30. The smallest absolute Gasteiger partial charge is 0.0456 e. The Kier molecular flexibility index (Phi) is 17.2. The summed E-state index contributed by atoms with van der Waals surface area (Å²) in [7, 11) is -5.17. The van der Waals surface area contributed by atoms with Crippen LogP contribution in [0.2, 0.25) is 0 Å². The van der Waals surface area contributed by atoms with Gasteiger partial charge in [0.15, 0.2) is 0 Å². The number of aliphatic hydroxyl groups is 1. The highest BCUT2D eigenvalue weighted by molar-refractivity contribution is 7.79. The lowest BCUT2D eigenvalue weighted by molar-refractivity contribution is 0.227. The summed E-state index contributed by atoms with van der Waals surface area (Å²) < 4.78 is 34.1. The van der Waals surface area contributed by atoms with Gasteiger partial charge in [0.25, 0.3) is 0 Å². The second kappa shape index (κ2) is 15.7. The molecule has 0 aromatic carbocycles. The quantitative estimate of drug-likeness (QED) is 0.331. The molecule has 2 atom stereocenters. The van der Waals surface area contributed by atoms with Gasteiger partial charge in [0.1, 0.15) is 0 Å². The molecule has 0 amide bonds. The van der Waals surface area contributed by atoms with Gasteiger partial charge in [-0.25, -0.2) is 0 Å². The molecule has 0 fully saturated rings.